The third kappa shape index (κ3) is 2.56. The number of hydrogen-bond donors (Lipinski definition) is 0. The highest BCUT2D eigenvalue weighted by molar-refractivity contribution is 5.86. The summed E-state index contributed by atoms with van der Waals surface area (Å²) in [6, 6.07) is 3.97. The van der Waals surface area contributed by atoms with Gasteiger partial charge in [0.2, 0.25) is 0 Å². The molecule has 1 fully saturated rings. The predicted octanol–water partition coefficient (Wildman–Crippen LogP) is 1.45. The number of hydrogen-bond acceptors (Lipinski definition) is 4. The molecule has 2 rings (SSSR count). The minimum Gasteiger partial charge on any atom is -0.347 e. The van der Waals surface area contributed by atoms with Crippen molar-refractivity contribution in [2.75, 3.05) is 18.0 Å². The zero-order chi connectivity index (χ0) is 11.5. The number of carbonyl (C=O) groups is 1. The van der Waals surface area contributed by atoms with E-state index in [0.717, 1.165) is 24.5 Å². The molecule has 16 heavy (non-hydrogen) atoms. The maximum atomic E-state index is 11.1. The molecule has 2 heterocycles. The predicted molar refractivity (Wildman–Crippen MR) is 62.4 cm³/mol. The Balaban J connectivity index is 2.04. The minimum absolute atomic E-state index is 0.285. The lowest BCUT2D eigenvalue weighted by atomic mass is 10.1. The summed E-state index contributed by atoms with van der Waals surface area (Å²) in [7, 11) is 0. The van der Waals surface area contributed by atoms with E-state index in [0.29, 0.717) is 18.9 Å². The second-order valence-corrected chi connectivity index (χ2v) is 4.69. The van der Waals surface area contributed by atoms with Crippen LogP contribution in [0.25, 0.3) is 0 Å². The number of nitrogens with zero attached hydrogens (tertiary/aromatic N) is 3. The molecule has 0 spiro atoms. The van der Waals surface area contributed by atoms with Crippen LogP contribution in [0.1, 0.15) is 26.0 Å². The van der Waals surface area contributed by atoms with Gasteiger partial charge in [0.05, 0.1) is 12.2 Å². The van der Waals surface area contributed by atoms with Crippen LogP contribution >= 0.6 is 0 Å². The summed E-state index contributed by atoms with van der Waals surface area (Å²) in [4.78, 5) is 13.1. The first-order valence-corrected chi connectivity index (χ1v) is 5.74. The van der Waals surface area contributed by atoms with Gasteiger partial charge in [-0.15, -0.1) is 5.10 Å². The summed E-state index contributed by atoms with van der Waals surface area (Å²) < 4.78 is 0. The molecule has 0 saturated carbocycles. The van der Waals surface area contributed by atoms with Gasteiger partial charge in [-0.1, -0.05) is 13.8 Å². The fourth-order valence-electron chi connectivity index (χ4n) is 1.87. The molecular weight excluding hydrogens is 202 g/mol. The molecule has 86 valence electrons. The van der Waals surface area contributed by atoms with Crippen molar-refractivity contribution in [1.29, 1.82) is 0 Å². The van der Waals surface area contributed by atoms with E-state index in [2.05, 4.69) is 24.0 Å². The van der Waals surface area contributed by atoms with Crippen LogP contribution in [0.3, 0.4) is 0 Å². The Labute approximate surface area is 95.7 Å². The normalized spacial score (nSPS) is 16.2. The van der Waals surface area contributed by atoms with Gasteiger partial charge in [0, 0.05) is 13.0 Å². The van der Waals surface area contributed by atoms with Gasteiger partial charge in [0.15, 0.2) is 11.6 Å². The number of carbonyl (C=O) groups excluding carboxylic acids is 1. The van der Waals surface area contributed by atoms with Crippen LogP contribution in [0.5, 0.6) is 0 Å². The summed E-state index contributed by atoms with van der Waals surface area (Å²) in [6.07, 6.45) is 1.58. The van der Waals surface area contributed by atoms with Crippen molar-refractivity contribution in [2.45, 2.75) is 26.7 Å². The molecule has 1 aromatic rings. The van der Waals surface area contributed by atoms with Crippen molar-refractivity contribution in [3.63, 3.8) is 0 Å². The highest BCUT2D eigenvalue weighted by Crippen LogP contribution is 2.15. The zero-order valence-corrected chi connectivity index (χ0v) is 9.81. The van der Waals surface area contributed by atoms with E-state index in [1.54, 1.807) is 0 Å². The van der Waals surface area contributed by atoms with Crippen LogP contribution in [0.15, 0.2) is 12.1 Å². The second-order valence-electron chi connectivity index (χ2n) is 4.69. The summed E-state index contributed by atoms with van der Waals surface area (Å²) >= 11 is 0. The number of aromatic nitrogens is 2. The molecule has 0 atom stereocenters. The Bertz CT molecular complexity index is 372. The number of anilines is 1. The highest BCUT2D eigenvalue weighted by Gasteiger charge is 2.20. The first kappa shape index (κ1) is 11.0. The van der Waals surface area contributed by atoms with Gasteiger partial charge in [0.1, 0.15) is 0 Å². The lowest BCUT2D eigenvalue weighted by molar-refractivity contribution is -0.116. The van der Waals surface area contributed by atoms with E-state index in [-0.39, 0.29) is 5.78 Å². The lowest BCUT2D eigenvalue weighted by Gasteiger charge is -2.14. The summed E-state index contributed by atoms with van der Waals surface area (Å²) in [5.41, 5.74) is 1.02. The lowest BCUT2D eigenvalue weighted by Crippen LogP contribution is -2.21. The van der Waals surface area contributed by atoms with E-state index >= 15 is 0 Å². The van der Waals surface area contributed by atoms with Gasteiger partial charge in [0.25, 0.3) is 0 Å². The first-order valence-electron chi connectivity index (χ1n) is 5.74. The van der Waals surface area contributed by atoms with Crippen LogP contribution in [-0.2, 0) is 11.2 Å². The molecule has 1 aliphatic rings. The summed E-state index contributed by atoms with van der Waals surface area (Å²) in [5.74, 6) is 1.69. The molecular formula is C12H17N3O. The van der Waals surface area contributed by atoms with Crippen molar-refractivity contribution < 1.29 is 4.79 Å². The Morgan fingerprint density at radius 1 is 1.38 bits per heavy atom. The third-order valence-electron chi connectivity index (χ3n) is 2.67. The Morgan fingerprint density at radius 3 is 2.69 bits per heavy atom. The Kier molecular flexibility index (Phi) is 3.17. The van der Waals surface area contributed by atoms with Crippen LogP contribution in [0.4, 0.5) is 5.82 Å². The number of rotatable bonds is 3. The quantitative estimate of drug-likeness (QED) is 0.772. The molecule has 0 unspecified atom stereocenters. The van der Waals surface area contributed by atoms with E-state index in [9.17, 15) is 4.79 Å². The van der Waals surface area contributed by atoms with Gasteiger partial charge in [-0.2, -0.15) is 5.10 Å². The SMILES string of the molecule is CC(C)Cc1ccc(N2CCC(=O)C2)nn1. The van der Waals surface area contributed by atoms with Crippen LogP contribution in [-0.4, -0.2) is 29.1 Å². The first-order chi connectivity index (χ1) is 7.65. The average molecular weight is 219 g/mol. The molecule has 1 saturated heterocycles. The zero-order valence-electron chi connectivity index (χ0n) is 9.81. The Morgan fingerprint density at radius 2 is 2.19 bits per heavy atom. The van der Waals surface area contributed by atoms with E-state index < -0.39 is 0 Å². The van der Waals surface area contributed by atoms with Crippen molar-refractivity contribution in [3.8, 4) is 0 Å². The van der Waals surface area contributed by atoms with Crippen molar-refractivity contribution in [2.24, 2.45) is 5.92 Å². The minimum atomic E-state index is 0.285. The Hall–Kier alpha value is -1.45. The molecule has 0 radical (unpaired) electrons. The van der Waals surface area contributed by atoms with E-state index in [1.807, 2.05) is 17.0 Å². The fraction of sp³-hybridized carbons (Fsp3) is 0.583. The van der Waals surface area contributed by atoms with Crippen molar-refractivity contribution in [3.05, 3.63) is 17.8 Å². The largest absolute Gasteiger partial charge is 0.347 e. The molecule has 4 heteroatoms. The molecule has 0 amide bonds. The monoisotopic (exact) mass is 219 g/mol. The van der Waals surface area contributed by atoms with Gasteiger partial charge in [-0.3, -0.25) is 4.79 Å². The maximum absolute atomic E-state index is 11.1. The average Bonchev–Trinajstić information content (AvgIpc) is 2.65. The summed E-state index contributed by atoms with van der Waals surface area (Å²) in [6.45, 7) is 5.58. The van der Waals surface area contributed by atoms with Crippen molar-refractivity contribution in [1.82, 2.24) is 10.2 Å². The van der Waals surface area contributed by atoms with Gasteiger partial charge >= 0.3 is 0 Å². The molecule has 0 N–H and O–H groups in total. The van der Waals surface area contributed by atoms with E-state index in [4.69, 9.17) is 0 Å². The molecule has 0 bridgehead atoms. The van der Waals surface area contributed by atoms with Crippen LogP contribution in [0, 0.1) is 5.92 Å². The molecule has 1 aliphatic heterocycles. The highest BCUT2D eigenvalue weighted by atomic mass is 16.1. The van der Waals surface area contributed by atoms with Gasteiger partial charge in [-0.05, 0) is 24.5 Å². The molecule has 4 nitrogen and oxygen atoms in total. The molecule has 0 aromatic carbocycles. The molecule has 1 aromatic heterocycles. The number of ketones is 1. The molecule has 0 aliphatic carbocycles. The maximum Gasteiger partial charge on any atom is 0.153 e. The van der Waals surface area contributed by atoms with Gasteiger partial charge in [-0.25, -0.2) is 0 Å². The number of Topliss-reactive ketones (excluding diaryl/α,β-unsaturated/α-hetero) is 1. The van der Waals surface area contributed by atoms with Gasteiger partial charge < -0.3 is 4.90 Å². The van der Waals surface area contributed by atoms with Crippen LogP contribution in [0.2, 0.25) is 0 Å². The van der Waals surface area contributed by atoms with Crippen molar-refractivity contribution >= 4 is 11.6 Å². The summed E-state index contributed by atoms with van der Waals surface area (Å²) in [5, 5.41) is 8.36. The van der Waals surface area contributed by atoms with E-state index in [1.165, 1.54) is 0 Å². The standard InChI is InChI=1S/C12H17N3O/c1-9(2)7-10-3-4-12(14-13-10)15-6-5-11(16)8-15/h3-4,9H,5-8H2,1-2H3. The smallest absolute Gasteiger partial charge is 0.153 e. The fourth-order valence-corrected chi connectivity index (χ4v) is 1.87. The third-order valence-corrected chi connectivity index (χ3v) is 2.67. The topological polar surface area (TPSA) is 46.1 Å². The van der Waals surface area contributed by atoms with Crippen LogP contribution < -0.4 is 4.90 Å². The second kappa shape index (κ2) is 4.60.